The molecule has 1 atom stereocenters. The summed E-state index contributed by atoms with van der Waals surface area (Å²) in [6.45, 7) is -1.63. The van der Waals surface area contributed by atoms with Crippen LogP contribution in [0.1, 0.15) is 0 Å². The Labute approximate surface area is 48.7 Å². The molecule has 0 aromatic carbocycles. The third-order valence-electron chi connectivity index (χ3n) is 0.517. The summed E-state index contributed by atoms with van der Waals surface area (Å²) in [7, 11) is 0. The van der Waals surface area contributed by atoms with Gasteiger partial charge in [-0.3, -0.25) is 0 Å². The predicted molar refractivity (Wildman–Crippen MR) is 21.2 cm³/mol. The average molecular weight is 147 g/mol. The van der Waals surface area contributed by atoms with E-state index in [0.717, 1.165) is 0 Å². The molecule has 0 saturated carbocycles. The summed E-state index contributed by atoms with van der Waals surface area (Å²) in [5, 5.41) is 0. The van der Waals surface area contributed by atoms with Crippen LogP contribution < -0.4 is 0 Å². The zero-order valence-corrected chi connectivity index (χ0v) is 4.25. The Morgan fingerprint density at radius 2 is 1.78 bits per heavy atom. The van der Waals surface area contributed by atoms with Gasteiger partial charge in [0, 0.05) is 0 Å². The first-order valence-corrected chi connectivity index (χ1v) is 2.08. The van der Waals surface area contributed by atoms with Crippen molar-refractivity contribution < 1.29 is 22.0 Å². The first kappa shape index (κ1) is 8.65. The molecular weight excluding hydrogens is 143 g/mol. The molecule has 55 valence electrons. The minimum Gasteiger partial charge on any atom is -0.248 e. The van der Waals surface area contributed by atoms with Crippen LogP contribution in [-0.2, 0) is 0 Å². The van der Waals surface area contributed by atoms with Crippen molar-refractivity contribution >= 4 is 0 Å². The maximum absolute atomic E-state index is 11.5. The second-order valence-corrected chi connectivity index (χ2v) is 1.38. The standard InChI is InChI=1S/C4H4F5/c5-2-3(6)1-4(7,8)9/h1,3H,2H2. The summed E-state index contributed by atoms with van der Waals surface area (Å²) < 4.78 is 55.6. The van der Waals surface area contributed by atoms with Crippen molar-refractivity contribution in [3.63, 3.8) is 0 Å². The van der Waals surface area contributed by atoms with E-state index in [1.807, 2.05) is 0 Å². The number of halogens is 5. The number of alkyl halides is 5. The summed E-state index contributed by atoms with van der Waals surface area (Å²) in [6, 6.07) is 0. The van der Waals surface area contributed by atoms with Crippen LogP contribution in [0.25, 0.3) is 0 Å². The summed E-state index contributed by atoms with van der Waals surface area (Å²) >= 11 is 0. The predicted octanol–water partition coefficient (Wildman–Crippen LogP) is 2.06. The van der Waals surface area contributed by atoms with Gasteiger partial charge in [0.25, 0.3) is 0 Å². The van der Waals surface area contributed by atoms with Crippen molar-refractivity contribution in [2.75, 3.05) is 6.67 Å². The first-order chi connectivity index (χ1) is 3.95. The zero-order chi connectivity index (χ0) is 7.49. The maximum atomic E-state index is 11.5. The fourth-order valence-electron chi connectivity index (χ4n) is 0.250. The van der Waals surface area contributed by atoms with E-state index in [9.17, 15) is 22.0 Å². The molecule has 0 N–H and O–H groups in total. The molecule has 0 bridgehead atoms. The average Bonchev–Trinajstić information content (AvgIpc) is 1.62. The van der Waals surface area contributed by atoms with Gasteiger partial charge in [-0.25, -0.2) is 8.78 Å². The molecule has 9 heavy (non-hydrogen) atoms. The zero-order valence-electron chi connectivity index (χ0n) is 4.25. The summed E-state index contributed by atoms with van der Waals surface area (Å²) in [4.78, 5) is 0. The fourth-order valence-corrected chi connectivity index (χ4v) is 0.250. The van der Waals surface area contributed by atoms with Crippen LogP contribution in [0.2, 0.25) is 0 Å². The van der Waals surface area contributed by atoms with Crippen molar-refractivity contribution in [3.8, 4) is 0 Å². The molecule has 0 aliphatic heterocycles. The lowest BCUT2D eigenvalue weighted by molar-refractivity contribution is -0.106. The molecule has 1 unspecified atom stereocenters. The van der Waals surface area contributed by atoms with Crippen molar-refractivity contribution in [1.29, 1.82) is 0 Å². The van der Waals surface area contributed by atoms with Gasteiger partial charge in [0.1, 0.15) is 19.3 Å². The van der Waals surface area contributed by atoms with Gasteiger partial charge >= 0.3 is 6.18 Å². The normalized spacial score (nSPS) is 15.7. The highest BCUT2D eigenvalue weighted by molar-refractivity contribution is 4.82. The molecule has 0 aliphatic rings. The molecule has 0 aliphatic carbocycles. The SMILES string of the molecule is FCC(F)[CH]C(F)(F)F. The van der Waals surface area contributed by atoms with Crippen molar-refractivity contribution in [2.45, 2.75) is 12.3 Å². The Balaban J connectivity index is 3.47. The van der Waals surface area contributed by atoms with Gasteiger partial charge in [-0.15, -0.1) is 0 Å². The van der Waals surface area contributed by atoms with Crippen molar-refractivity contribution in [2.24, 2.45) is 0 Å². The summed E-state index contributed by atoms with van der Waals surface area (Å²) in [5.74, 6) is 0. The molecule has 1 radical (unpaired) electrons. The molecule has 0 amide bonds. The van der Waals surface area contributed by atoms with Gasteiger partial charge in [0.2, 0.25) is 0 Å². The number of rotatable bonds is 2. The lowest BCUT2D eigenvalue weighted by Gasteiger charge is -2.05. The Kier molecular flexibility index (Phi) is 2.87. The van der Waals surface area contributed by atoms with Gasteiger partial charge in [-0.2, -0.15) is 13.2 Å². The van der Waals surface area contributed by atoms with Crippen LogP contribution >= 0.6 is 0 Å². The number of hydrogen-bond acceptors (Lipinski definition) is 0. The van der Waals surface area contributed by atoms with E-state index >= 15 is 0 Å². The monoisotopic (exact) mass is 147 g/mol. The van der Waals surface area contributed by atoms with E-state index in [2.05, 4.69) is 0 Å². The van der Waals surface area contributed by atoms with Crippen LogP contribution in [0, 0.1) is 6.42 Å². The third kappa shape index (κ3) is 5.52. The quantitative estimate of drug-likeness (QED) is 0.524. The highest BCUT2D eigenvalue weighted by Gasteiger charge is 2.32. The molecule has 0 heterocycles. The van der Waals surface area contributed by atoms with E-state index in [-0.39, 0.29) is 0 Å². The Bertz CT molecular complexity index is 75.5. The minimum absolute atomic E-state index is 0.632. The summed E-state index contributed by atoms with van der Waals surface area (Å²) in [5.41, 5.74) is 0. The molecule has 0 spiro atoms. The van der Waals surface area contributed by atoms with Crippen molar-refractivity contribution in [3.05, 3.63) is 6.42 Å². The highest BCUT2D eigenvalue weighted by atomic mass is 19.4. The second-order valence-electron chi connectivity index (χ2n) is 1.38. The van der Waals surface area contributed by atoms with Gasteiger partial charge in [-0.05, 0) is 0 Å². The van der Waals surface area contributed by atoms with Crippen LogP contribution in [0.15, 0.2) is 0 Å². The highest BCUT2D eigenvalue weighted by Crippen LogP contribution is 2.21. The Morgan fingerprint density at radius 1 is 1.33 bits per heavy atom. The van der Waals surface area contributed by atoms with E-state index in [4.69, 9.17) is 0 Å². The smallest absolute Gasteiger partial charge is 0.248 e. The molecule has 0 aromatic rings. The van der Waals surface area contributed by atoms with Gasteiger partial charge in [0.05, 0.1) is 0 Å². The van der Waals surface area contributed by atoms with E-state index in [0.29, 0.717) is 0 Å². The minimum atomic E-state index is -4.72. The molecule has 0 aromatic heterocycles. The molecular formula is C4H4F5. The number of hydrogen-bond donors (Lipinski definition) is 0. The van der Waals surface area contributed by atoms with Crippen molar-refractivity contribution in [1.82, 2.24) is 0 Å². The van der Waals surface area contributed by atoms with E-state index < -0.39 is 25.4 Å². The third-order valence-corrected chi connectivity index (χ3v) is 0.517. The molecule has 0 nitrogen and oxygen atoms in total. The summed E-state index contributed by atoms with van der Waals surface area (Å²) in [6.07, 6.45) is -7.87. The fraction of sp³-hybridized carbons (Fsp3) is 0.750. The molecule has 0 fully saturated rings. The molecule has 0 saturated heterocycles. The van der Waals surface area contributed by atoms with Gasteiger partial charge in [0.15, 0.2) is 0 Å². The van der Waals surface area contributed by atoms with E-state index in [1.54, 1.807) is 0 Å². The Hall–Kier alpha value is -0.350. The first-order valence-electron chi connectivity index (χ1n) is 2.08. The largest absolute Gasteiger partial charge is 0.395 e. The van der Waals surface area contributed by atoms with Gasteiger partial charge < -0.3 is 0 Å². The Morgan fingerprint density at radius 3 is 1.89 bits per heavy atom. The lowest BCUT2D eigenvalue weighted by atomic mass is 10.3. The van der Waals surface area contributed by atoms with Crippen LogP contribution in [0.3, 0.4) is 0 Å². The molecule has 5 heteroatoms. The second kappa shape index (κ2) is 2.98. The van der Waals surface area contributed by atoms with Crippen LogP contribution in [-0.4, -0.2) is 19.0 Å². The molecule has 0 rings (SSSR count). The van der Waals surface area contributed by atoms with Crippen LogP contribution in [0.4, 0.5) is 22.0 Å². The maximum Gasteiger partial charge on any atom is 0.395 e. The van der Waals surface area contributed by atoms with Gasteiger partial charge in [-0.1, -0.05) is 0 Å². The lowest BCUT2D eigenvalue weighted by Crippen LogP contribution is -2.18. The van der Waals surface area contributed by atoms with Crippen LogP contribution in [0.5, 0.6) is 0 Å². The topological polar surface area (TPSA) is 0 Å². The van der Waals surface area contributed by atoms with E-state index in [1.165, 1.54) is 0 Å².